The summed E-state index contributed by atoms with van der Waals surface area (Å²) < 4.78 is 0. The number of hydrogen-bond donors (Lipinski definition) is 1. The molecule has 0 heterocycles. The standard InChI is InChI=1S/C24H30Cl2N2O2S/c1-4-12-27-24(30)22(5-2)28(14-19-10-11-20(25)21(26)13-19)23(29)16-31-15-18-8-6-17(3)7-9-18/h6-11,13,22H,4-5,12,14-16H2,1-3H3,(H,27,30)/t22-/m0/s1. The maximum Gasteiger partial charge on any atom is 0.242 e. The Hall–Kier alpha value is -1.69. The fourth-order valence-electron chi connectivity index (χ4n) is 3.14. The van der Waals surface area contributed by atoms with Crippen molar-refractivity contribution >= 4 is 46.8 Å². The summed E-state index contributed by atoms with van der Waals surface area (Å²) in [4.78, 5) is 27.6. The predicted molar refractivity (Wildman–Crippen MR) is 132 cm³/mol. The van der Waals surface area contributed by atoms with Crippen LogP contribution in [0.2, 0.25) is 10.0 Å². The van der Waals surface area contributed by atoms with Crippen molar-refractivity contribution < 1.29 is 9.59 Å². The molecule has 168 valence electrons. The lowest BCUT2D eigenvalue weighted by Gasteiger charge is -2.30. The summed E-state index contributed by atoms with van der Waals surface area (Å²) in [5.41, 5.74) is 3.22. The number of thioether (sulfide) groups is 1. The predicted octanol–water partition coefficient (Wildman–Crippen LogP) is 5.87. The third kappa shape index (κ3) is 8.06. The molecule has 0 aliphatic heterocycles. The first-order valence-electron chi connectivity index (χ1n) is 10.5. The van der Waals surface area contributed by atoms with Crippen molar-refractivity contribution in [2.45, 2.75) is 52.0 Å². The van der Waals surface area contributed by atoms with E-state index in [9.17, 15) is 9.59 Å². The average Bonchev–Trinajstić information content (AvgIpc) is 2.75. The Balaban J connectivity index is 2.13. The summed E-state index contributed by atoms with van der Waals surface area (Å²) in [7, 11) is 0. The van der Waals surface area contributed by atoms with Crippen LogP contribution in [0.1, 0.15) is 43.4 Å². The summed E-state index contributed by atoms with van der Waals surface area (Å²) >= 11 is 13.8. The second-order valence-electron chi connectivity index (χ2n) is 7.46. The van der Waals surface area contributed by atoms with Gasteiger partial charge in [0.05, 0.1) is 15.8 Å². The van der Waals surface area contributed by atoms with Gasteiger partial charge in [-0.25, -0.2) is 0 Å². The number of aryl methyl sites for hydroxylation is 1. The molecule has 0 fully saturated rings. The van der Waals surface area contributed by atoms with Crippen LogP contribution in [0.5, 0.6) is 0 Å². The van der Waals surface area contributed by atoms with E-state index in [0.717, 1.165) is 17.7 Å². The number of rotatable bonds is 11. The summed E-state index contributed by atoms with van der Waals surface area (Å²) in [5, 5.41) is 3.82. The highest BCUT2D eigenvalue weighted by Crippen LogP contribution is 2.24. The molecular formula is C24H30Cl2N2O2S. The van der Waals surface area contributed by atoms with Crippen molar-refractivity contribution in [1.82, 2.24) is 10.2 Å². The van der Waals surface area contributed by atoms with E-state index in [1.807, 2.05) is 19.9 Å². The first kappa shape index (κ1) is 25.6. The van der Waals surface area contributed by atoms with Gasteiger partial charge in [-0.15, -0.1) is 11.8 Å². The van der Waals surface area contributed by atoms with Crippen LogP contribution in [0.4, 0.5) is 0 Å². The quantitative estimate of drug-likeness (QED) is 0.437. The van der Waals surface area contributed by atoms with Crippen LogP contribution in [0.25, 0.3) is 0 Å². The number of nitrogens with zero attached hydrogens (tertiary/aromatic N) is 1. The molecule has 0 bridgehead atoms. The second kappa shape index (κ2) is 13.0. The van der Waals surface area contributed by atoms with E-state index in [1.165, 1.54) is 11.1 Å². The largest absolute Gasteiger partial charge is 0.354 e. The number of carbonyl (C=O) groups is 2. The van der Waals surface area contributed by atoms with Crippen molar-refractivity contribution in [1.29, 1.82) is 0 Å². The van der Waals surface area contributed by atoms with Gasteiger partial charge in [-0.1, -0.05) is 72.9 Å². The van der Waals surface area contributed by atoms with Gasteiger partial charge in [0, 0.05) is 18.8 Å². The molecule has 0 radical (unpaired) electrons. The van der Waals surface area contributed by atoms with E-state index in [-0.39, 0.29) is 11.8 Å². The van der Waals surface area contributed by atoms with E-state index in [4.69, 9.17) is 23.2 Å². The number of nitrogens with one attached hydrogen (secondary N) is 1. The molecule has 0 saturated heterocycles. The van der Waals surface area contributed by atoms with Gasteiger partial charge in [0.2, 0.25) is 11.8 Å². The van der Waals surface area contributed by atoms with Crippen LogP contribution in [0.15, 0.2) is 42.5 Å². The molecule has 0 aromatic heterocycles. The number of benzene rings is 2. The molecule has 0 unspecified atom stereocenters. The van der Waals surface area contributed by atoms with Gasteiger partial charge in [-0.3, -0.25) is 9.59 Å². The summed E-state index contributed by atoms with van der Waals surface area (Å²) in [6.07, 6.45) is 1.38. The lowest BCUT2D eigenvalue weighted by Crippen LogP contribution is -2.49. The monoisotopic (exact) mass is 480 g/mol. The molecule has 0 spiro atoms. The van der Waals surface area contributed by atoms with Crippen LogP contribution in [0, 0.1) is 6.92 Å². The first-order valence-corrected chi connectivity index (χ1v) is 12.4. The van der Waals surface area contributed by atoms with Crippen molar-refractivity contribution in [2.75, 3.05) is 12.3 Å². The van der Waals surface area contributed by atoms with Crippen molar-refractivity contribution in [3.05, 3.63) is 69.2 Å². The van der Waals surface area contributed by atoms with Crippen molar-refractivity contribution in [2.24, 2.45) is 0 Å². The fourth-order valence-corrected chi connectivity index (χ4v) is 4.33. The average molecular weight is 481 g/mol. The van der Waals surface area contributed by atoms with E-state index in [2.05, 4.69) is 36.5 Å². The molecular weight excluding hydrogens is 451 g/mol. The molecule has 2 aromatic rings. The van der Waals surface area contributed by atoms with Gasteiger partial charge >= 0.3 is 0 Å². The summed E-state index contributed by atoms with van der Waals surface area (Å²) in [6.45, 7) is 6.87. The Labute approximate surface area is 199 Å². The fraction of sp³-hybridized carbons (Fsp3) is 0.417. The lowest BCUT2D eigenvalue weighted by atomic mass is 10.1. The number of amides is 2. The highest BCUT2D eigenvalue weighted by molar-refractivity contribution is 7.99. The molecule has 2 amide bonds. The van der Waals surface area contributed by atoms with E-state index < -0.39 is 6.04 Å². The normalized spacial score (nSPS) is 11.8. The van der Waals surface area contributed by atoms with Gasteiger partial charge in [-0.05, 0) is 43.0 Å². The van der Waals surface area contributed by atoms with E-state index in [1.54, 1.807) is 28.8 Å². The van der Waals surface area contributed by atoms with Crippen LogP contribution in [-0.2, 0) is 21.9 Å². The highest BCUT2D eigenvalue weighted by atomic mass is 35.5. The number of carbonyl (C=O) groups excluding carboxylic acids is 2. The summed E-state index contributed by atoms with van der Waals surface area (Å²) in [6, 6.07) is 13.1. The topological polar surface area (TPSA) is 49.4 Å². The van der Waals surface area contributed by atoms with Crippen LogP contribution in [-0.4, -0.2) is 35.1 Å². The molecule has 0 aliphatic carbocycles. The second-order valence-corrected chi connectivity index (χ2v) is 9.26. The molecule has 4 nitrogen and oxygen atoms in total. The zero-order chi connectivity index (χ0) is 22.8. The zero-order valence-electron chi connectivity index (χ0n) is 18.3. The number of hydrogen-bond acceptors (Lipinski definition) is 3. The van der Waals surface area contributed by atoms with Gasteiger partial charge in [-0.2, -0.15) is 0 Å². The molecule has 0 saturated carbocycles. The van der Waals surface area contributed by atoms with Crippen molar-refractivity contribution in [3.8, 4) is 0 Å². The molecule has 0 aliphatic rings. The molecule has 2 aromatic carbocycles. The maximum atomic E-state index is 13.2. The Kier molecular flexibility index (Phi) is 10.7. The Bertz CT molecular complexity index is 874. The lowest BCUT2D eigenvalue weighted by molar-refractivity contribution is -0.139. The van der Waals surface area contributed by atoms with Gasteiger partial charge in [0.1, 0.15) is 6.04 Å². The van der Waals surface area contributed by atoms with Gasteiger partial charge in [0.25, 0.3) is 0 Å². The highest BCUT2D eigenvalue weighted by Gasteiger charge is 2.28. The minimum atomic E-state index is -0.534. The Morgan fingerprint density at radius 3 is 2.32 bits per heavy atom. The van der Waals surface area contributed by atoms with E-state index in [0.29, 0.717) is 35.3 Å². The molecule has 1 N–H and O–H groups in total. The van der Waals surface area contributed by atoms with Gasteiger partial charge in [0.15, 0.2) is 0 Å². The molecule has 1 atom stereocenters. The zero-order valence-corrected chi connectivity index (χ0v) is 20.6. The maximum absolute atomic E-state index is 13.2. The SMILES string of the molecule is CCCNC(=O)[C@H](CC)N(Cc1ccc(Cl)c(Cl)c1)C(=O)CSCc1ccc(C)cc1. The third-order valence-electron chi connectivity index (χ3n) is 4.89. The first-order chi connectivity index (χ1) is 14.8. The van der Waals surface area contributed by atoms with Crippen LogP contribution < -0.4 is 5.32 Å². The van der Waals surface area contributed by atoms with Crippen LogP contribution in [0.3, 0.4) is 0 Å². The van der Waals surface area contributed by atoms with Crippen molar-refractivity contribution in [3.63, 3.8) is 0 Å². The minimum Gasteiger partial charge on any atom is -0.354 e. The third-order valence-corrected chi connectivity index (χ3v) is 6.61. The molecule has 31 heavy (non-hydrogen) atoms. The number of halogens is 2. The van der Waals surface area contributed by atoms with E-state index >= 15 is 0 Å². The molecule has 2 rings (SSSR count). The Morgan fingerprint density at radius 1 is 1.03 bits per heavy atom. The van der Waals surface area contributed by atoms with Crippen LogP contribution >= 0.6 is 35.0 Å². The molecule has 7 heteroatoms. The Morgan fingerprint density at radius 2 is 1.71 bits per heavy atom. The minimum absolute atomic E-state index is 0.0679. The smallest absolute Gasteiger partial charge is 0.242 e. The summed E-state index contributed by atoms with van der Waals surface area (Å²) in [5.74, 6) is 0.848. The van der Waals surface area contributed by atoms with Gasteiger partial charge < -0.3 is 10.2 Å².